The van der Waals surface area contributed by atoms with Gasteiger partial charge in [0.25, 0.3) is 0 Å². The Morgan fingerprint density at radius 1 is 1.60 bits per heavy atom. The summed E-state index contributed by atoms with van der Waals surface area (Å²) in [4.78, 5) is 15.7. The quantitative estimate of drug-likeness (QED) is 0.755. The van der Waals surface area contributed by atoms with Crippen LogP contribution in [0, 0.1) is 0 Å². The molecule has 20 heavy (non-hydrogen) atoms. The summed E-state index contributed by atoms with van der Waals surface area (Å²) in [6.07, 6.45) is 1.65. The number of anilines is 1. The van der Waals surface area contributed by atoms with Crippen molar-refractivity contribution in [3.05, 3.63) is 6.33 Å². The van der Waals surface area contributed by atoms with Gasteiger partial charge in [0.15, 0.2) is 5.16 Å². The summed E-state index contributed by atoms with van der Waals surface area (Å²) in [7, 11) is 1.45. The van der Waals surface area contributed by atoms with Crippen LogP contribution in [0.5, 0.6) is 6.01 Å². The molecule has 0 bridgehead atoms. The van der Waals surface area contributed by atoms with Crippen LogP contribution >= 0.6 is 11.8 Å². The maximum absolute atomic E-state index is 11.8. The predicted octanol–water partition coefficient (Wildman–Crippen LogP) is 0.716. The molecule has 1 amide bonds. The van der Waals surface area contributed by atoms with Gasteiger partial charge in [-0.3, -0.25) is 10.1 Å². The van der Waals surface area contributed by atoms with E-state index in [-0.39, 0.29) is 29.7 Å². The van der Waals surface area contributed by atoms with Crippen molar-refractivity contribution in [1.82, 2.24) is 29.9 Å². The Bertz CT molecular complexity index is 580. The molecule has 2 aromatic heterocycles. The maximum atomic E-state index is 11.8. The van der Waals surface area contributed by atoms with Gasteiger partial charge in [0.1, 0.15) is 6.33 Å². The molecule has 2 N–H and O–H groups in total. The monoisotopic (exact) mass is 297 g/mol. The second kappa shape index (κ2) is 6.37. The van der Waals surface area contributed by atoms with Crippen LogP contribution in [0.1, 0.15) is 19.9 Å². The van der Waals surface area contributed by atoms with E-state index < -0.39 is 0 Å². The number of carbonyl (C=O) groups is 1. The number of aromatic amines is 1. The second-order valence-electron chi connectivity index (χ2n) is 4.12. The van der Waals surface area contributed by atoms with Crippen LogP contribution in [0.3, 0.4) is 0 Å². The van der Waals surface area contributed by atoms with Crippen LogP contribution in [-0.2, 0) is 4.79 Å². The van der Waals surface area contributed by atoms with Gasteiger partial charge >= 0.3 is 6.01 Å². The molecular weight excluding hydrogens is 282 g/mol. The molecule has 0 saturated carbocycles. The summed E-state index contributed by atoms with van der Waals surface area (Å²) < 4.78 is 6.70. The van der Waals surface area contributed by atoms with E-state index in [4.69, 9.17) is 4.74 Å². The van der Waals surface area contributed by atoms with Crippen LogP contribution in [-0.4, -0.2) is 48.7 Å². The Morgan fingerprint density at radius 3 is 3.05 bits per heavy atom. The van der Waals surface area contributed by atoms with Gasteiger partial charge in [-0.1, -0.05) is 11.8 Å². The van der Waals surface area contributed by atoms with E-state index in [0.717, 1.165) is 0 Å². The lowest BCUT2D eigenvalue weighted by Gasteiger charge is -2.08. The summed E-state index contributed by atoms with van der Waals surface area (Å²) in [5.74, 6) is 0.235. The molecule has 9 nitrogen and oxygen atoms in total. The van der Waals surface area contributed by atoms with Crippen molar-refractivity contribution in [3.63, 3.8) is 0 Å². The fraction of sp³-hybridized carbons (Fsp3) is 0.500. The second-order valence-corrected chi connectivity index (χ2v) is 5.06. The van der Waals surface area contributed by atoms with Crippen LogP contribution in [0.15, 0.2) is 11.5 Å². The Morgan fingerprint density at radius 2 is 2.40 bits per heavy atom. The van der Waals surface area contributed by atoms with Crippen molar-refractivity contribution in [3.8, 4) is 6.01 Å². The standard InChI is InChI=1S/C10H15N7O2S/c1-6(2)17-5-11-16-10(17)20-4-7(18)12-8-13-9(19-3)15-14-8/h5-6H,4H2,1-3H3,(H2,12,13,14,15,18). The number of hydrogen-bond acceptors (Lipinski definition) is 7. The number of nitrogens with zero attached hydrogens (tertiary/aromatic N) is 5. The van der Waals surface area contributed by atoms with Crippen molar-refractivity contribution in [2.45, 2.75) is 25.0 Å². The summed E-state index contributed by atoms with van der Waals surface area (Å²) in [5.41, 5.74) is 0. The highest BCUT2D eigenvalue weighted by molar-refractivity contribution is 7.99. The Labute approximate surface area is 119 Å². The molecule has 108 valence electrons. The third-order valence-corrected chi connectivity index (χ3v) is 3.29. The largest absolute Gasteiger partial charge is 0.466 e. The zero-order valence-corrected chi connectivity index (χ0v) is 12.1. The predicted molar refractivity (Wildman–Crippen MR) is 72.7 cm³/mol. The van der Waals surface area contributed by atoms with E-state index in [2.05, 4.69) is 30.7 Å². The number of amides is 1. The lowest BCUT2D eigenvalue weighted by atomic mass is 10.4. The number of hydrogen-bond donors (Lipinski definition) is 2. The maximum Gasteiger partial charge on any atom is 0.336 e. The van der Waals surface area contributed by atoms with E-state index in [1.54, 1.807) is 6.33 Å². The first-order chi connectivity index (χ1) is 9.60. The topological polar surface area (TPSA) is 111 Å². The minimum atomic E-state index is -0.216. The van der Waals surface area contributed by atoms with Crippen molar-refractivity contribution in [1.29, 1.82) is 0 Å². The summed E-state index contributed by atoms with van der Waals surface area (Å²) in [6.45, 7) is 4.04. The van der Waals surface area contributed by atoms with Crippen molar-refractivity contribution >= 4 is 23.6 Å². The number of H-pyrrole nitrogens is 1. The van der Waals surface area contributed by atoms with E-state index in [1.165, 1.54) is 18.9 Å². The zero-order valence-electron chi connectivity index (χ0n) is 11.3. The van der Waals surface area contributed by atoms with E-state index in [1.807, 2.05) is 18.4 Å². The number of rotatable bonds is 6. The Hall–Kier alpha value is -2.10. The molecule has 0 fully saturated rings. The molecule has 10 heteroatoms. The summed E-state index contributed by atoms with van der Waals surface area (Å²) in [5, 5.41) is 17.4. The molecule has 2 heterocycles. The fourth-order valence-electron chi connectivity index (χ4n) is 1.38. The molecule has 0 unspecified atom stereocenters. The van der Waals surface area contributed by atoms with Gasteiger partial charge < -0.3 is 9.30 Å². The Kier molecular flexibility index (Phi) is 4.56. The van der Waals surface area contributed by atoms with E-state index in [0.29, 0.717) is 5.16 Å². The highest BCUT2D eigenvalue weighted by atomic mass is 32.2. The van der Waals surface area contributed by atoms with Crippen LogP contribution in [0.25, 0.3) is 0 Å². The molecule has 2 aromatic rings. The number of nitrogens with one attached hydrogen (secondary N) is 2. The minimum absolute atomic E-state index is 0.174. The first-order valence-electron chi connectivity index (χ1n) is 5.88. The molecule has 0 aliphatic rings. The Balaban J connectivity index is 1.87. The van der Waals surface area contributed by atoms with Crippen molar-refractivity contribution in [2.24, 2.45) is 0 Å². The van der Waals surface area contributed by atoms with E-state index >= 15 is 0 Å². The van der Waals surface area contributed by atoms with Gasteiger partial charge in [0, 0.05) is 6.04 Å². The lowest BCUT2D eigenvalue weighted by molar-refractivity contribution is -0.113. The molecule has 0 spiro atoms. The number of carbonyl (C=O) groups excluding carboxylic acids is 1. The highest BCUT2D eigenvalue weighted by Gasteiger charge is 2.12. The third kappa shape index (κ3) is 3.47. The van der Waals surface area contributed by atoms with Gasteiger partial charge in [-0.05, 0) is 13.8 Å². The summed E-state index contributed by atoms with van der Waals surface area (Å²) >= 11 is 1.31. The van der Waals surface area contributed by atoms with Crippen LogP contribution in [0.2, 0.25) is 0 Å². The number of thioether (sulfide) groups is 1. The molecule has 0 radical (unpaired) electrons. The minimum Gasteiger partial charge on any atom is -0.466 e. The van der Waals surface area contributed by atoms with Gasteiger partial charge in [0.2, 0.25) is 11.9 Å². The normalized spacial score (nSPS) is 10.8. The smallest absolute Gasteiger partial charge is 0.336 e. The lowest BCUT2D eigenvalue weighted by Crippen LogP contribution is -2.15. The third-order valence-electron chi connectivity index (χ3n) is 2.33. The van der Waals surface area contributed by atoms with Crippen LogP contribution < -0.4 is 10.1 Å². The van der Waals surface area contributed by atoms with Gasteiger partial charge in [0.05, 0.1) is 12.9 Å². The molecule has 0 aliphatic carbocycles. The molecule has 0 saturated heterocycles. The average molecular weight is 297 g/mol. The molecular formula is C10H15N7O2S. The molecule has 2 rings (SSSR count). The van der Waals surface area contributed by atoms with Crippen molar-refractivity contribution < 1.29 is 9.53 Å². The number of ether oxygens (including phenoxy) is 1. The van der Waals surface area contributed by atoms with Gasteiger partial charge in [-0.25, -0.2) is 5.10 Å². The van der Waals surface area contributed by atoms with Crippen LogP contribution in [0.4, 0.5) is 5.95 Å². The fourth-order valence-corrected chi connectivity index (χ4v) is 2.23. The average Bonchev–Trinajstić information content (AvgIpc) is 3.04. The van der Waals surface area contributed by atoms with Gasteiger partial charge in [-0.15, -0.1) is 15.3 Å². The number of methoxy groups -OCH3 is 1. The first-order valence-corrected chi connectivity index (χ1v) is 6.87. The van der Waals surface area contributed by atoms with Gasteiger partial charge in [-0.2, -0.15) is 4.98 Å². The number of aromatic nitrogens is 6. The molecule has 0 aliphatic heterocycles. The van der Waals surface area contributed by atoms with E-state index in [9.17, 15) is 4.79 Å². The highest BCUT2D eigenvalue weighted by Crippen LogP contribution is 2.18. The molecule has 0 aromatic carbocycles. The first kappa shape index (κ1) is 14.3. The molecule has 0 atom stereocenters. The van der Waals surface area contributed by atoms with Crippen molar-refractivity contribution in [2.75, 3.05) is 18.2 Å². The zero-order chi connectivity index (χ0) is 14.5. The summed E-state index contributed by atoms with van der Waals surface area (Å²) in [6, 6.07) is 0.418. The SMILES string of the molecule is COc1n[nH]c(NC(=O)CSc2nncn2C(C)C)n1.